The zero-order valence-electron chi connectivity index (χ0n) is 13.6. The number of hydrogen-bond donors (Lipinski definition) is 0. The third-order valence-corrected chi connectivity index (χ3v) is 4.61. The monoisotopic (exact) mass is 321 g/mol. The first-order chi connectivity index (χ1) is 11.7. The molecule has 3 aromatic rings. The summed E-state index contributed by atoms with van der Waals surface area (Å²) in [5, 5.41) is 0. The average Bonchev–Trinajstić information content (AvgIpc) is 3.06. The summed E-state index contributed by atoms with van der Waals surface area (Å²) in [6, 6.07) is 7.96. The number of carbonyl (C=O) groups is 1. The van der Waals surface area contributed by atoms with Gasteiger partial charge in [0.25, 0.3) is 0 Å². The normalized spacial score (nSPS) is 18.0. The summed E-state index contributed by atoms with van der Waals surface area (Å²) in [5.74, 6) is 1.10. The minimum absolute atomic E-state index is 0.142. The fraction of sp³-hybridized carbons (Fsp3) is 0.333. The van der Waals surface area contributed by atoms with E-state index in [2.05, 4.69) is 16.0 Å². The van der Waals surface area contributed by atoms with Crippen molar-refractivity contribution in [2.45, 2.75) is 25.7 Å². The number of imidazole rings is 1. The van der Waals surface area contributed by atoms with Gasteiger partial charge in [-0.15, -0.1) is 0 Å². The Balaban J connectivity index is 1.68. The van der Waals surface area contributed by atoms with E-state index in [-0.39, 0.29) is 5.91 Å². The van der Waals surface area contributed by atoms with Gasteiger partial charge in [0.2, 0.25) is 11.7 Å². The Morgan fingerprint density at radius 1 is 1.25 bits per heavy atom. The molecule has 0 spiro atoms. The summed E-state index contributed by atoms with van der Waals surface area (Å²) < 4.78 is 1.94. The lowest BCUT2D eigenvalue weighted by atomic mass is 9.94. The number of amides is 1. The zero-order chi connectivity index (χ0) is 16.5. The number of likely N-dealkylation sites (tertiary alicyclic amines) is 1. The Morgan fingerprint density at radius 3 is 3.04 bits per heavy atom. The first-order valence-electron chi connectivity index (χ1n) is 8.23. The van der Waals surface area contributed by atoms with Gasteiger partial charge in [0, 0.05) is 44.0 Å². The molecule has 0 aliphatic carbocycles. The highest BCUT2D eigenvalue weighted by atomic mass is 16.2. The Kier molecular flexibility index (Phi) is 3.72. The summed E-state index contributed by atoms with van der Waals surface area (Å²) in [5.41, 5.74) is 2.85. The number of pyridine rings is 1. The molecule has 3 aromatic heterocycles. The minimum Gasteiger partial charge on any atom is -0.342 e. The highest BCUT2D eigenvalue weighted by molar-refractivity contribution is 5.73. The summed E-state index contributed by atoms with van der Waals surface area (Å²) in [4.78, 5) is 27.0. The van der Waals surface area contributed by atoms with Crippen molar-refractivity contribution in [1.82, 2.24) is 24.3 Å². The first kappa shape index (κ1) is 14.8. The molecule has 1 saturated heterocycles. The molecule has 6 nitrogen and oxygen atoms in total. The van der Waals surface area contributed by atoms with Crippen LogP contribution in [-0.4, -0.2) is 43.2 Å². The van der Waals surface area contributed by atoms with Crippen LogP contribution in [0.5, 0.6) is 0 Å². The minimum atomic E-state index is 0.142. The molecule has 0 N–H and O–H groups in total. The topological polar surface area (TPSA) is 63.4 Å². The lowest BCUT2D eigenvalue weighted by molar-refractivity contribution is -0.130. The van der Waals surface area contributed by atoms with Crippen LogP contribution in [0.3, 0.4) is 0 Å². The molecule has 4 rings (SSSR count). The van der Waals surface area contributed by atoms with Gasteiger partial charge in [0.15, 0.2) is 0 Å². The van der Waals surface area contributed by atoms with E-state index < -0.39 is 0 Å². The van der Waals surface area contributed by atoms with E-state index in [0.29, 0.717) is 11.7 Å². The highest BCUT2D eigenvalue weighted by Gasteiger charge is 2.24. The number of fused-ring (bicyclic) bond motifs is 1. The molecule has 0 radical (unpaired) electrons. The molecule has 4 heterocycles. The quantitative estimate of drug-likeness (QED) is 0.727. The van der Waals surface area contributed by atoms with Gasteiger partial charge in [0.05, 0.1) is 17.6 Å². The van der Waals surface area contributed by atoms with E-state index in [1.165, 1.54) is 0 Å². The molecule has 24 heavy (non-hydrogen) atoms. The predicted molar refractivity (Wildman–Crippen MR) is 90.4 cm³/mol. The van der Waals surface area contributed by atoms with Crippen LogP contribution in [0.1, 0.15) is 31.4 Å². The second kappa shape index (κ2) is 6.03. The molecule has 0 saturated carbocycles. The maximum absolute atomic E-state index is 11.7. The van der Waals surface area contributed by atoms with Crippen LogP contribution in [0.15, 0.2) is 42.9 Å². The van der Waals surface area contributed by atoms with Gasteiger partial charge in [-0.2, -0.15) is 0 Å². The van der Waals surface area contributed by atoms with Gasteiger partial charge in [0.1, 0.15) is 0 Å². The summed E-state index contributed by atoms with van der Waals surface area (Å²) in [6.45, 7) is 3.24. The Hall–Kier alpha value is -2.76. The van der Waals surface area contributed by atoms with Crippen molar-refractivity contribution in [1.29, 1.82) is 0 Å². The summed E-state index contributed by atoms with van der Waals surface area (Å²) >= 11 is 0. The van der Waals surface area contributed by atoms with Crippen LogP contribution < -0.4 is 0 Å². The molecule has 1 fully saturated rings. The fourth-order valence-electron chi connectivity index (χ4n) is 3.34. The van der Waals surface area contributed by atoms with Gasteiger partial charge < -0.3 is 4.90 Å². The number of carbonyl (C=O) groups excluding carboxylic acids is 1. The van der Waals surface area contributed by atoms with Gasteiger partial charge >= 0.3 is 0 Å². The van der Waals surface area contributed by atoms with Crippen LogP contribution in [0.25, 0.3) is 17.2 Å². The van der Waals surface area contributed by atoms with Crippen molar-refractivity contribution in [3.05, 3.63) is 48.5 Å². The van der Waals surface area contributed by atoms with E-state index in [4.69, 9.17) is 4.98 Å². The van der Waals surface area contributed by atoms with Crippen LogP contribution >= 0.6 is 0 Å². The second-order valence-electron chi connectivity index (χ2n) is 6.19. The molecule has 1 atom stereocenters. The summed E-state index contributed by atoms with van der Waals surface area (Å²) in [6.07, 6.45) is 7.56. The van der Waals surface area contributed by atoms with Gasteiger partial charge in [-0.25, -0.2) is 9.97 Å². The van der Waals surface area contributed by atoms with Crippen molar-refractivity contribution >= 4 is 11.7 Å². The lowest BCUT2D eigenvalue weighted by Crippen LogP contribution is -2.37. The van der Waals surface area contributed by atoms with Gasteiger partial charge in [-0.05, 0) is 31.0 Å². The van der Waals surface area contributed by atoms with Crippen LogP contribution in [0.2, 0.25) is 0 Å². The predicted octanol–water partition coefficient (Wildman–Crippen LogP) is 2.52. The van der Waals surface area contributed by atoms with Gasteiger partial charge in [-0.1, -0.05) is 6.07 Å². The SMILES string of the molecule is CC(=O)N1CCC[C@H](c2cccc(-c3cnc4ncccn34)n2)C1. The first-order valence-corrected chi connectivity index (χ1v) is 8.23. The number of rotatable bonds is 2. The molecule has 1 aliphatic rings. The molecule has 0 unspecified atom stereocenters. The van der Waals surface area contributed by atoms with Crippen molar-refractivity contribution in [2.75, 3.05) is 13.1 Å². The van der Waals surface area contributed by atoms with Crippen LogP contribution in [0, 0.1) is 0 Å². The fourth-order valence-corrected chi connectivity index (χ4v) is 3.34. The molecule has 1 aliphatic heterocycles. The standard InChI is InChI=1S/C18H19N5O/c1-13(24)22-9-3-5-14(12-22)15-6-2-7-16(21-15)17-11-20-18-19-8-4-10-23(17)18/h2,4,6-8,10-11,14H,3,5,9,12H2,1H3/t14-/m0/s1. The third kappa shape index (κ3) is 2.64. The molecular formula is C18H19N5O. The molecule has 122 valence electrons. The molecular weight excluding hydrogens is 302 g/mol. The molecule has 1 amide bonds. The van der Waals surface area contributed by atoms with Gasteiger partial charge in [-0.3, -0.25) is 14.2 Å². The Bertz CT molecular complexity index is 888. The maximum atomic E-state index is 11.7. The number of piperidine rings is 1. The van der Waals surface area contributed by atoms with Crippen LogP contribution in [0.4, 0.5) is 0 Å². The smallest absolute Gasteiger partial charge is 0.234 e. The van der Waals surface area contributed by atoms with Crippen molar-refractivity contribution < 1.29 is 4.79 Å². The zero-order valence-corrected chi connectivity index (χ0v) is 13.6. The Labute approximate surface area is 140 Å². The van der Waals surface area contributed by atoms with Crippen molar-refractivity contribution in [3.8, 4) is 11.4 Å². The van der Waals surface area contributed by atoms with E-state index in [1.54, 1.807) is 19.3 Å². The maximum Gasteiger partial charge on any atom is 0.234 e. The number of hydrogen-bond acceptors (Lipinski definition) is 4. The molecule has 0 bridgehead atoms. The van der Waals surface area contributed by atoms with E-state index in [9.17, 15) is 4.79 Å². The lowest BCUT2D eigenvalue weighted by Gasteiger charge is -2.31. The van der Waals surface area contributed by atoms with Crippen LogP contribution in [-0.2, 0) is 4.79 Å². The van der Waals surface area contributed by atoms with E-state index in [0.717, 1.165) is 43.0 Å². The molecule has 6 heteroatoms. The summed E-state index contributed by atoms with van der Waals surface area (Å²) in [7, 11) is 0. The van der Waals surface area contributed by atoms with Crippen molar-refractivity contribution in [2.24, 2.45) is 0 Å². The number of aromatic nitrogens is 4. The molecule has 0 aromatic carbocycles. The van der Waals surface area contributed by atoms with Crippen molar-refractivity contribution in [3.63, 3.8) is 0 Å². The second-order valence-corrected chi connectivity index (χ2v) is 6.19. The highest BCUT2D eigenvalue weighted by Crippen LogP contribution is 2.27. The average molecular weight is 321 g/mol. The number of nitrogens with zero attached hydrogens (tertiary/aromatic N) is 5. The Morgan fingerprint density at radius 2 is 2.17 bits per heavy atom. The largest absolute Gasteiger partial charge is 0.342 e. The van der Waals surface area contributed by atoms with E-state index in [1.807, 2.05) is 33.7 Å². The van der Waals surface area contributed by atoms with E-state index >= 15 is 0 Å². The third-order valence-electron chi connectivity index (χ3n) is 4.61.